The lowest BCUT2D eigenvalue weighted by molar-refractivity contribution is -0.146. The average Bonchev–Trinajstić information content (AvgIpc) is 2.28. The summed E-state index contributed by atoms with van der Waals surface area (Å²) in [7, 11) is 0. The van der Waals surface area contributed by atoms with E-state index in [1.807, 2.05) is 0 Å². The quantitative estimate of drug-likeness (QED) is 0.664. The van der Waals surface area contributed by atoms with Gasteiger partial charge in [0.15, 0.2) is 0 Å². The molecule has 1 aliphatic carbocycles. The summed E-state index contributed by atoms with van der Waals surface area (Å²) in [5, 5.41) is 11.9. The van der Waals surface area contributed by atoms with Crippen molar-refractivity contribution in [2.75, 3.05) is 0 Å². The van der Waals surface area contributed by atoms with Crippen LogP contribution < -0.4 is 5.32 Å². The van der Waals surface area contributed by atoms with Crippen molar-refractivity contribution in [3.05, 3.63) is 12.7 Å². The van der Waals surface area contributed by atoms with Gasteiger partial charge in [-0.15, -0.1) is 6.58 Å². The lowest BCUT2D eigenvalue weighted by atomic mass is 9.64. The molecule has 1 rings (SSSR count). The van der Waals surface area contributed by atoms with Crippen molar-refractivity contribution in [2.24, 2.45) is 11.3 Å². The van der Waals surface area contributed by atoms with Gasteiger partial charge in [-0.3, -0.25) is 4.79 Å². The molecule has 1 amide bonds. The molecular formula is C15H25NO3. The van der Waals surface area contributed by atoms with Crippen molar-refractivity contribution in [3.63, 3.8) is 0 Å². The second-order valence-electron chi connectivity index (χ2n) is 5.96. The number of rotatable bonds is 8. The summed E-state index contributed by atoms with van der Waals surface area (Å²) in [6.45, 7) is 7.77. The third kappa shape index (κ3) is 4.08. The van der Waals surface area contributed by atoms with Gasteiger partial charge in [-0.05, 0) is 38.0 Å². The first-order chi connectivity index (χ1) is 8.91. The van der Waals surface area contributed by atoms with Crippen LogP contribution in [-0.2, 0) is 9.59 Å². The van der Waals surface area contributed by atoms with Gasteiger partial charge < -0.3 is 10.4 Å². The molecule has 1 aliphatic rings. The fraction of sp³-hybridized carbons (Fsp3) is 0.733. The van der Waals surface area contributed by atoms with Crippen molar-refractivity contribution < 1.29 is 14.7 Å². The Balaban J connectivity index is 2.64. The van der Waals surface area contributed by atoms with E-state index < -0.39 is 12.0 Å². The lowest BCUT2D eigenvalue weighted by Gasteiger charge is -2.42. The summed E-state index contributed by atoms with van der Waals surface area (Å²) in [6.07, 6.45) is 6.33. The zero-order chi connectivity index (χ0) is 14.5. The average molecular weight is 267 g/mol. The Kier molecular flexibility index (Phi) is 5.58. The van der Waals surface area contributed by atoms with Crippen LogP contribution in [0.4, 0.5) is 0 Å². The Labute approximate surface area is 115 Å². The number of carbonyl (C=O) groups is 2. The molecule has 0 bridgehead atoms. The summed E-state index contributed by atoms with van der Waals surface area (Å²) in [5.74, 6) is -0.597. The van der Waals surface area contributed by atoms with Gasteiger partial charge in [0.1, 0.15) is 6.04 Å². The van der Waals surface area contributed by atoms with Gasteiger partial charge in [0.25, 0.3) is 0 Å². The number of hydrogen-bond donors (Lipinski definition) is 2. The molecule has 0 aromatic rings. The fourth-order valence-corrected chi connectivity index (χ4v) is 2.76. The van der Waals surface area contributed by atoms with Crippen LogP contribution in [0.3, 0.4) is 0 Å². The lowest BCUT2D eigenvalue weighted by Crippen LogP contribution is -2.51. The summed E-state index contributed by atoms with van der Waals surface area (Å²) in [5.41, 5.74) is -0.323. The van der Waals surface area contributed by atoms with Crippen LogP contribution in [0.5, 0.6) is 0 Å². The highest BCUT2D eigenvalue weighted by Crippen LogP contribution is 2.46. The molecule has 0 heterocycles. The van der Waals surface area contributed by atoms with Crippen LogP contribution in [-0.4, -0.2) is 23.0 Å². The summed E-state index contributed by atoms with van der Waals surface area (Å²) >= 11 is 0. The Morgan fingerprint density at radius 2 is 2.05 bits per heavy atom. The first-order valence-corrected chi connectivity index (χ1v) is 7.06. The molecule has 0 spiro atoms. The van der Waals surface area contributed by atoms with Crippen LogP contribution in [0, 0.1) is 11.3 Å². The smallest absolute Gasteiger partial charge is 0.326 e. The van der Waals surface area contributed by atoms with Crippen LogP contribution in [0.25, 0.3) is 0 Å². The molecule has 1 unspecified atom stereocenters. The van der Waals surface area contributed by atoms with Gasteiger partial charge in [-0.25, -0.2) is 4.79 Å². The van der Waals surface area contributed by atoms with E-state index in [0.29, 0.717) is 18.8 Å². The topological polar surface area (TPSA) is 66.4 Å². The number of nitrogens with one attached hydrogen (secondary N) is 1. The molecular weight excluding hydrogens is 242 g/mol. The number of carboxylic acids is 1. The van der Waals surface area contributed by atoms with Crippen molar-refractivity contribution in [2.45, 2.75) is 58.4 Å². The van der Waals surface area contributed by atoms with Crippen LogP contribution in [0.15, 0.2) is 12.7 Å². The minimum absolute atomic E-state index is 0.0797. The molecule has 0 aromatic carbocycles. The van der Waals surface area contributed by atoms with E-state index in [1.165, 1.54) is 0 Å². The molecule has 2 N–H and O–H groups in total. The van der Waals surface area contributed by atoms with Gasteiger partial charge in [0, 0.05) is 5.41 Å². The number of hydrogen-bond acceptors (Lipinski definition) is 2. The van der Waals surface area contributed by atoms with Crippen LogP contribution in [0.2, 0.25) is 0 Å². The molecule has 1 saturated carbocycles. The predicted molar refractivity (Wildman–Crippen MR) is 74.7 cm³/mol. The highest BCUT2D eigenvalue weighted by atomic mass is 16.4. The third-order valence-corrected chi connectivity index (χ3v) is 3.85. The molecule has 4 nitrogen and oxygen atoms in total. The van der Waals surface area contributed by atoms with Crippen molar-refractivity contribution >= 4 is 11.9 Å². The number of amides is 1. The molecule has 1 atom stereocenters. The van der Waals surface area contributed by atoms with E-state index in [1.54, 1.807) is 6.08 Å². The van der Waals surface area contributed by atoms with Crippen molar-refractivity contribution in [1.29, 1.82) is 0 Å². The van der Waals surface area contributed by atoms with Crippen LogP contribution in [0.1, 0.15) is 52.4 Å². The standard InChI is InChI=1S/C15H25NO3/c1-4-5-7-12(13(17)18)16-14(19)15(8-6-9-15)10-11(2)3/h4,11-12H,1,5-10H2,2-3H3,(H,16,19)(H,17,18). The van der Waals surface area contributed by atoms with Crippen molar-refractivity contribution in [1.82, 2.24) is 5.32 Å². The molecule has 0 radical (unpaired) electrons. The normalized spacial score (nSPS) is 18.5. The maximum atomic E-state index is 12.4. The number of carbonyl (C=O) groups excluding carboxylic acids is 1. The second kappa shape index (κ2) is 6.73. The molecule has 0 aromatic heterocycles. The minimum atomic E-state index is -0.964. The minimum Gasteiger partial charge on any atom is -0.480 e. The molecule has 1 fully saturated rings. The van der Waals surface area contributed by atoms with Crippen LogP contribution >= 0.6 is 0 Å². The second-order valence-corrected chi connectivity index (χ2v) is 5.96. The van der Waals surface area contributed by atoms with E-state index in [-0.39, 0.29) is 11.3 Å². The Morgan fingerprint density at radius 3 is 2.42 bits per heavy atom. The van der Waals surface area contributed by atoms with Gasteiger partial charge in [0.2, 0.25) is 5.91 Å². The third-order valence-electron chi connectivity index (χ3n) is 3.85. The van der Waals surface area contributed by atoms with Gasteiger partial charge in [-0.1, -0.05) is 26.3 Å². The summed E-state index contributed by atoms with van der Waals surface area (Å²) in [6, 6.07) is -0.796. The number of allylic oxidation sites excluding steroid dienone is 1. The van der Waals surface area contributed by atoms with Gasteiger partial charge in [0.05, 0.1) is 0 Å². The first kappa shape index (κ1) is 15.7. The molecule has 4 heteroatoms. The zero-order valence-electron chi connectivity index (χ0n) is 11.9. The van der Waals surface area contributed by atoms with E-state index >= 15 is 0 Å². The highest BCUT2D eigenvalue weighted by Gasteiger charge is 2.45. The monoisotopic (exact) mass is 267 g/mol. The van der Waals surface area contributed by atoms with Crippen molar-refractivity contribution in [3.8, 4) is 0 Å². The molecule has 0 saturated heterocycles. The van der Waals surface area contributed by atoms with Gasteiger partial charge >= 0.3 is 5.97 Å². The highest BCUT2D eigenvalue weighted by molar-refractivity contribution is 5.88. The van der Waals surface area contributed by atoms with E-state index in [9.17, 15) is 9.59 Å². The van der Waals surface area contributed by atoms with E-state index in [0.717, 1.165) is 25.7 Å². The molecule has 108 valence electrons. The SMILES string of the molecule is C=CCCC(NC(=O)C1(CC(C)C)CCC1)C(=O)O. The Morgan fingerprint density at radius 1 is 1.42 bits per heavy atom. The molecule has 0 aliphatic heterocycles. The Bertz CT molecular complexity index is 345. The summed E-state index contributed by atoms with van der Waals surface area (Å²) < 4.78 is 0. The maximum Gasteiger partial charge on any atom is 0.326 e. The fourth-order valence-electron chi connectivity index (χ4n) is 2.76. The summed E-state index contributed by atoms with van der Waals surface area (Å²) in [4.78, 5) is 23.5. The number of aliphatic carboxylic acids is 1. The largest absolute Gasteiger partial charge is 0.480 e. The van der Waals surface area contributed by atoms with Gasteiger partial charge in [-0.2, -0.15) is 0 Å². The number of carboxylic acid groups (broad SMARTS) is 1. The van der Waals surface area contributed by atoms with E-state index in [4.69, 9.17) is 5.11 Å². The predicted octanol–water partition coefficient (Wildman–Crippen LogP) is 2.74. The van der Waals surface area contributed by atoms with E-state index in [2.05, 4.69) is 25.7 Å². The first-order valence-electron chi connectivity index (χ1n) is 7.06. The maximum absolute atomic E-state index is 12.4. The zero-order valence-corrected chi connectivity index (χ0v) is 11.9. The molecule has 19 heavy (non-hydrogen) atoms. The Hall–Kier alpha value is -1.32.